The molecule has 3 saturated carbocycles. The third kappa shape index (κ3) is 3.16. The Hall–Kier alpha value is -2.41. The van der Waals surface area contributed by atoms with Gasteiger partial charge in [-0.3, -0.25) is 4.79 Å². The molecule has 3 fully saturated rings. The Balaban J connectivity index is 1.36. The zero-order valence-corrected chi connectivity index (χ0v) is 18.5. The number of carbonyl (C=O) groups excluding carboxylic acids is 2. The number of rotatable bonds is 2. The average molecular weight is 418 g/mol. The number of allylic oxidation sites excluding steroid dienone is 1. The summed E-state index contributed by atoms with van der Waals surface area (Å²) in [7, 11) is 0. The summed E-state index contributed by atoms with van der Waals surface area (Å²) in [4.78, 5) is 24.9. The van der Waals surface area contributed by atoms with Gasteiger partial charge in [0, 0.05) is 11.8 Å². The van der Waals surface area contributed by atoms with Crippen LogP contribution in [-0.2, 0) is 9.53 Å². The second-order valence-corrected chi connectivity index (χ2v) is 10.7. The van der Waals surface area contributed by atoms with Gasteiger partial charge >= 0.3 is 5.97 Å². The maximum atomic E-state index is 12.9. The highest BCUT2D eigenvalue weighted by atomic mass is 16.5. The highest BCUT2D eigenvalue weighted by Gasteiger charge is 2.60. The van der Waals surface area contributed by atoms with Gasteiger partial charge in [-0.2, -0.15) is 5.26 Å². The van der Waals surface area contributed by atoms with Crippen LogP contribution in [0.25, 0.3) is 0 Å². The Labute approximate surface area is 184 Å². The molecule has 0 aromatic heterocycles. The third-order valence-corrected chi connectivity index (χ3v) is 9.35. The lowest BCUT2D eigenvalue weighted by Crippen LogP contribution is -2.51. The Morgan fingerprint density at radius 3 is 2.74 bits per heavy atom. The smallest absolute Gasteiger partial charge is 0.338 e. The average Bonchev–Trinajstić information content (AvgIpc) is 3.10. The molecule has 1 aromatic rings. The summed E-state index contributed by atoms with van der Waals surface area (Å²) in [6.07, 6.45) is 10.0. The molecule has 0 N–H and O–H groups in total. The minimum absolute atomic E-state index is 0.0196. The van der Waals surface area contributed by atoms with Crippen LogP contribution in [0.2, 0.25) is 0 Å². The number of nitriles is 1. The van der Waals surface area contributed by atoms with Gasteiger partial charge in [-0.15, -0.1) is 0 Å². The standard InChI is InChI=1S/C27H31NO3/c1-26-12-10-20(29)15-19(26)6-7-21-22-8-9-24(27(22,2)13-11-23(21)26)31-25(30)18-5-3-4-17(14-18)16-28/h3-5,14-15,21-24H,6-13H2,1-2H3/t21-,22-,23-,24-,26-,27-/m0/s1. The fourth-order valence-corrected chi connectivity index (χ4v) is 7.62. The lowest BCUT2D eigenvalue weighted by atomic mass is 9.47. The van der Waals surface area contributed by atoms with Crippen molar-refractivity contribution in [3.63, 3.8) is 0 Å². The van der Waals surface area contributed by atoms with Gasteiger partial charge in [0.15, 0.2) is 5.78 Å². The van der Waals surface area contributed by atoms with E-state index in [-0.39, 0.29) is 22.9 Å². The fourth-order valence-electron chi connectivity index (χ4n) is 7.62. The van der Waals surface area contributed by atoms with E-state index in [1.807, 2.05) is 6.08 Å². The first kappa shape index (κ1) is 20.5. The Bertz CT molecular complexity index is 1000. The molecule has 5 rings (SSSR count). The summed E-state index contributed by atoms with van der Waals surface area (Å²) >= 11 is 0. The van der Waals surface area contributed by atoms with Crippen molar-refractivity contribution in [2.45, 2.75) is 71.3 Å². The third-order valence-electron chi connectivity index (χ3n) is 9.35. The first-order chi connectivity index (χ1) is 14.8. The predicted octanol–water partition coefficient (Wildman–Crippen LogP) is 5.62. The van der Waals surface area contributed by atoms with Crippen LogP contribution in [0.4, 0.5) is 0 Å². The minimum Gasteiger partial charge on any atom is -0.458 e. The van der Waals surface area contributed by atoms with Gasteiger partial charge in [0.1, 0.15) is 6.10 Å². The molecule has 0 bridgehead atoms. The monoisotopic (exact) mass is 417 g/mol. The van der Waals surface area contributed by atoms with E-state index in [2.05, 4.69) is 19.9 Å². The minimum atomic E-state index is -0.308. The summed E-state index contributed by atoms with van der Waals surface area (Å²) in [5, 5.41) is 9.13. The van der Waals surface area contributed by atoms with Crippen molar-refractivity contribution in [1.29, 1.82) is 5.26 Å². The maximum Gasteiger partial charge on any atom is 0.338 e. The number of nitrogens with zero attached hydrogens (tertiary/aromatic N) is 1. The highest BCUT2D eigenvalue weighted by Crippen LogP contribution is 2.65. The summed E-state index contributed by atoms with van der Waals surface area (Å²) in [6, 6.07) is 8.89. The first-order valence-electron chi connectivity index (χ1n) is 11.8. The second kappa shape index (κ2) is 7.33. The van der Waals surface area contributed by atoms with Gasteiger partial charge in [0.25, 0.3) is 0 Å². The van der Waals surface area contributed by atoms with Gasteiger partial charge in [-0.25, -0.2) is 4.79 Å². The van der Waals surface area contributed by atoms with Gasteiger partial charge in [-0.1, -0.05) is 25.5 Å². The van der Waals surface area contributed by atoms with E-state index >= 15 is 0 Å². The molecule has 0 radical (unpaired) electrons. The van der Waals surface area contributed by atoms with Crippen molar-refractivity contribution in [2.75, 3.05) is 0 Å². The number of hydrogen-bond donors (Lipinski definition) is 0. The van der Waals surface area contributed by atoms with Crippen LogP contribution < -0.4 is 0 Å². The molecule has 31 heavy (non-hydrogen) atoms. The SMILES string of the molecule is C[C@]12CC[C@H]3[C@@H](CCC4=CC(=O)CC[C@@]43C)[C@@H]1CC[C@@H]2OC(=O)c1cccc(C#N)c1. The second-order valence-electron chi connectivity index (χ2n) is 10.7. The predicted molar refractivity (Wildman–Crippen MR) is 117 cm³/mol. The van der Waals surface area contributed by atoms with Crippen molar-refractivity contribution in [2.24, 2.45) is 28.6 Å². The summed E-state index contributed by atoms with van der Waals surface area (Å²) in [5.74, 6) is 1.86. The summed E-state index contributed by atoms with van der Waals surface area (Å²) < 4.78 is 6.09. The molecule has 0 saturated heterocycles. The van der Waals surface area contributed by atoms with Crippen LogP contribution in [0.5, 0.6) is 0 Å². The van der Waals surface area contributed by atoms with E-state index in [4.69, 9.17) is 10.00 Å². The van der Waals surface area contributed by atoms with Crippen LogP contribution >= 0.6 is 0 Å². The summed E-state index contributed by atoms with van der Waals surface area (Å²) in [5.41, 5.74) is 2.53. The van der Waals surface area contributed by atoms with Crippen molar-refractivity contribution >= 4 is 11.8 Å². The number of carbonyl (C=O) groups is 2. The van der Waals surface area contributed by atoms with E-state index in [1.54, 1.807) is 24.3 Å². The van der Waals surface area contributed by atoms with E-state index in [0.717, 1.165) is 44.9 Å². The molecule has 4 heteroatoms. The highest BCUT2D eigenvalue weighted by molar-refractivity contribution is 5.91. The van der Waals surface area contributed by atoms with E-state index in [9.17, 15) is 9.59 Å². The molecule has 1 aromatic carbocycles. The van der Waals surface area contributed by atoms with Gasteiger partial charge < -0.3 is 4.74 Å². The number of ketones is 1. The molecular formula is C27H31NO3. The Morgan fingerprint density at radius 2 is 1.94 bits per heavy atom. The summed E-state index contributed by atoms with van der Waals surface area (Å²) in [6.45, 7) is 4.74. The van der Waals surface area contributed by atoms with E-state index in [0.29, 0.717) is 41.1 Å². The van der Waals surface area contributed by atoms with Crippen molar-refractivity contribution in [3.05, 3.63) is 47.0 Å². The Morgan fingerprint density at radius 1 is 1.10 bits per heavy atom. The van der Waals surface area contributed by atoms with Crippen LogP contribution in [0.1, 0.15) is 81.1 Å². The van der Waals surface area contributed by atoms with Gasteiger partial charge in [-0.05, 0) is 92.4 Å². The lowest BCUT2D eigenvalue weighted by Gasteiger charge is -2.57. The van der Waals surface area contributed by atoms with Crippen molar-refractivity contribution in [1.82, 2.24) is 0 Å². The number of esters is 1. The van der Waals surface area contributed by atoms with E-state index in [1.165, 1.54) is 5.57 Å². The lowest BCUT2D eigenvalue weighted by molar-refractivity contribution is -0.118. The number of ether oxygens (including phenoxy) is 1. The molecule has 4 aliphatic carbocycles. The molecule has 6 atom stereocenters. The number of benzene rings is 1. The number of hydrogen-bond acceptors (Lipinski definition) is 4. The first-order valence-corrected chi connectivity index (χ1v) is 11.8. The maximum absolute atomic E-state index is 12.9. The molecule has 0 aliphatic heterocycles. The molecule has 162 valence electrons. The number of fused-ring (bicyclic) bond motifs is 5. The molecule has 0 amide bonds. The molecule has 4 aliphatic rings. The normalized spacial score (nSPS) is 38.9. The molecule has 4 nitrogen and oxygen atoms in total. The topological polar surface area (TPSA) is 67.2 Å². The largest absolute Gasteiger partial charge is 0.458 e. The molecule has 0 unspecified atom stereocenters. The van der Waals surface area contributed by atoms with Crippen LogP contribution in [0, 0.1) is 39.9 Å². The zero-order valence-electron chi connectivity index (χ0n) is 18.5. The van der Waals surface area contributed by atoms with Crippen LogP contribution in [-0.4, -0.2) is 17.9 Å². The van der Waals surface area contributed by atoms with Crippen molar-refractivity contribution in [3.8, 4) is 6.07 Å². The fraction of sp³-hybridized carbons (Fsp3) is 0.593. The van der Waals surface area contributed by atoms with Crippen molar-refractivity contribution < 1.29 is 14.3 Å². The molecule has 0 heterocycles. The van der Waals surface area contributed by atoms with E-state index < -0.39 is 0 Å². The van der Waals surface area contributed by atoms with Crippen LogP contribution in [0.15, 0.2) is 35.9 Å². The Kier molecular flexibility index (Phi) is 4.84. The molecular weight excluding hydrogens is 386 g/mol. The quantitative estimate of drug-likeness (QED) is 0.586. The molecule has 0 spiro atoms. The van der Waals surface area contributed by atoms with Gasteiger partial charge in [0.2, 0.25) is 0 Å². The zero-order chi connectivity index (χ0) is 21.8. The van der Waals surface area contributed by atoms with Crippen LogP contribution in [0.3, 0.4) is 0 Å². The van der Waals surface area contributed by atoms with Gasteiger partial charge in [0.05, 0.1) is 17.2 Å².